The van der Waals surface area contributed by atoms with E-state index in [1.54, 1.807) is 36.4 Å². The molecule has 0 radical (unpaired) electrons. The molecule has 0 saturated carbocycles. The number of nitrogens with one attached hydrogen (secondary N) is 3. The number of aryl methyl sites for hydroxylation is 1. The molecule has 6 nitrogen and oxygen atoms in total. The van der Waals surface area contributed by atoms with Crippen LogP contribution >= 0.6 is 11.6 Å². The Hall–Kier alpha value is -2.73. The zero-order valence-electron chi connectivity index (χ0n) is 14.8. The van der Waals surface area contributed by atoms with Gasteiger partial charge in [-0.15, -0.1) is 0 Å². The summed E-state index contributed by atoms with van der Waals surface area (Å²) in [4.78, 5) is 23.7. The van der Waals surface area contributed by atoms with Crippen LogP contribution in [0.1, 0.15) is 18.9 Å². The third-order valence-corrected chi connectivity index (χ3v) is 3.71. The highest BCUT2D eigenvalue weighted by atomic mass is 35.5. The zero-order chi connectivity index (χ0) is 18.9. The summed E-state index contributed by atoms with van der Waals surface area (Å²) in [7, 11) is 0. The van der Waals surface area contributed by atoms with Gasteiger partial charge in [0.15, 0.2) is 6.61 Å². The highest BCUT2D eigenvalue weighted by Crippen LogP contribution is 2.23. The molecule has 2 aromatic carbocycles. The van der Waals surface area contributed by atoms with Crippen molar-refractivity contribution in [2.45, 2.75) is 20.3 Å². The van der Waals surface area contributed by atoms with Crippen molar-refractivity contribution in [3.05, 3.63) is 53.1 Å². The number of rotatable bonds is 7. The van der Waals surface area contributed by atoms with Crippen molar-refractivity contribution < 1.29 is 14.3 Å². The van der Waals surface area contributed by atoms with Crippen LogP contribution in [-0.4, -0.2) is 25.1 Å². The maximum Gasteiger partial charge on any atom is 0.319 e. The lowest BCUT2D eigenvalue weighted by Crippen LogP contribution is -2.29. The van der Waals surface area contributed by atoms with Gasteiger partial charge in [-0.2, -0.15) is 0 Å². The van der Waals surface area contributed by atoms with Crippen molar-refractivity contribution in [2.24, 2.45) is 0 Å². The summed E-state index contributed by atoms with van der Waals surface area (Å²) in [6, 6.07) is 11.9. The number of anilines is 2. The average Bonchev–Trinajstić information content (AvgIpc) is 2.61. The molecular formula is C19H22ClN3O3. The van der Waals surface area contributed by atoms with Crippen molar-refractivity contribution in [3.63, 3.8) is 0 Å². The van der Waals surface area contributed by atoms with Gasteiger partial charge in [0.2, 0.25) is 0 Å². The molecule has 0 atom stereocenters. The summed E-state index contributed by atoms with van der Waals surface area (Å²) in [5.74, 6) is 0.151. The molecule has 0 heterocycles. The van der Waals surface area contributed by atoms with Gasteiger partial charge in [0.05, 0.1) is 10.7 Å². The van der Waals surface area contributed by atoms with Crippen molar-refractivity contribution in [3.8, 4) is 5.75 Å². The first-order valence-electron chi connectivity index (χ1n) is 8.31. The molecule has 0 aliphatic heterocycles. The van der Waals surface area contributed by atoms with E-state index < -0.39 is 0 Å². The molecule has 7 heteroatoms. The Morgan fingerprint density at radius 2 is 1.92 bits per heavy atom. The molecule has 26 heavy (non-hydrogen) atoms. The van der Waals surface area contributed by atoms with E-state index in [9.17, 15) is 9.59 Å². The van der Waals surface area contributed by atoms with Gasteiger partial charge in [0.1, 0.15) is 5.75 Å². The second-order valence-electron chi connectivity index (χ2n) is 5.73. The van der Waals surface area contributed by atoms with Gasteiger partial charge < -0.3 is 20.7 Å². The van der Waals surface area contributed by atoms with Crippen LogP contribution in [0.4, 0.5) is 16.2 Å². The monoisotopic (exact) mass is 375 g/mol. The number of hydrogen-bond donors (Lipinski definition) is 3. The van der Waals surface area contributed by atoms with Crippen molar-refractivity contribution in [1.82, 2.24) is 5.32 Å². The minimum absolute atomic E-state index is 0.171. The minimum Gasteiger partial charge on any atom is -0.484 e. The normalized spacial score (nSPS) is 10.1. The first-order valence-corrected chi connectivity index (χ1v) is 8.69. The molecule has 0 aromatic heterocycles. The molecule has 138 valence electrons. The number of hydrogen-bond acceptors (Lipinski definition) is 3. The summed E-state index contributed by atoms with van der Waals surface area (Å²) in [5.41, 5.74) is 2.13. The van der Waals surface area contributed by atoms with Crippen LogP contribution in [0.25, 0.3) is 0 Å². The third kappa shape index (κ3) is 6.29. The van der Waals surface area contributed by atoms with Crippen molar-refractivity contribution >= 4 is 34.9 Å². The predicted octanol–water partition coefficient (Wildman–Crippen LogP) is 4.20. The van der Waals surface area contributed by atoms with E-state index in [2.05, 4.69) is 16.0 Å². The van der Waals surface area contributed by atoms with Crippen molar-refractivity contribution in [2.75, 3.05) is 23.8 Å². The number of halogens is 1. The highest BCUT2D eigenvalue weighted by molar-refractivity contribution is 6.33. The number of benzene rings is 2. The Kier molecular flexibility index (Phi) is 7.29. The fourth-order valence-electron chi connectivity index (χ4n) is 2.13. The lowest BCUT2D eigenvalue weighted by atomic mass is 10.2. The van der Waals surface area contributed by atoms with Crippen LogP contribution in [0.5, 0.6) is 5.75 Å². The van der Waals surface area contributed by atoms with E-state index in [4.69, 9.17) is 16.3 Å². The number of ether oxygens (including phenoxy) is 1. The standard InChI is InChI=1S/C19H22ClN3O3/c1-3-9-21-19(25)22-14-5-4-6-15(11-14)26-12-18(24)23-17-8-7-13(2)10-16(17)20/h4-8,10-11H,3,9,12H2,1-2H3,(H,23,24)(H2,21,22,25). The Balaban J connectivity index is 1.87. The van der Waals surface area contributed by atoms with Gasteiger partial charge in [-0.25, -0.2) is 4.79 Å². The van der Waals surface area contributed by atoms with Gasteiger partial charge in [0.25, 0.3) is 5.91 Å². The maximum absolute atomic E-state index is 12.0. The van der Waals surface area contributed by atoms with Crippen LogP contribution in [0, 0.1) is 6.92 Å². The van der Waals surface area contributed by atoms with E-state index in [1.807, 2.05) is 19.9 Å². The molecular weight excluding hydrogens is 354 g/mol. The fraction of sp³-hybridized carbons (Fsp3) is 0.263. The second-order valence-corrected chi connectivity index (χ2v) is 6.14. The molecule has 0 unspecified atom stereocenters. The molecule has 0 aliphatic rings. The van der Waals surface area contributed by atoms with Gasteiger partial charge in [0, 0.05) is 18.3 Å². The predicted molar refractivity (Wildman–Crippen MR) is 104 cm³/mol. The maximum atomic E-state index is 12.0. The Labute approximate surface area is 157 Å². The number of carbonyl (C=O) groups is 2. The quantitative estimate of drug-likeness (QED) is 0.678. The minimum atomic E-state index is -0.324. The highest BCUT2D eigenvalue weighted by Gasteiger charge is 2.08. The van der Waals surface area contributed by atoms with E-state index >= 15 is 0 Å². The summed E-state index contributed by atoms with van der Waals surface area (Å²) >= 11 is 6.09. The van der Waals surface area contributed by atoms with Gasteiger partial charge in [-0.1, -0.05) is 30.7 Å². The van der Waals surface area contributed by atoms with Crippen LogP contribution in [0.2, 0.25) is 5.02 Å². The van der Waals surface area contributed by atoms with Crippen LogP contribution in [0.3, 0.4) is 0 Å². The Morgan fingerprint density at radius 3 is 2.65 bits per heavy atom. The summed E-state index contributed by atoms with van der Waals surface area (Å²) in [5, 5.41) is 8.61. The fourth-order valence-corrected chi connectivity index (χ4v) is 2.42. The lowest BCUT2D eigenvalue weighted by Gasteiger charge is -2.11. The molecule has 3 amide bonds. The summed E-state index contributed by atoms with van der Waals surface area (Å²) in [6.45, 7) is 4.33. The van der Waals surface area contributed by atoms with Crippen LogP contribution in [-0.2, 0) is 4.79 Å². The van der Waals surface area contributed by atoms with Crippen LogP contribution < -0.4 is 20.7 Å². The Morgan fingerprint density at radius 1 is 1.12 bits per heavy atom. The van der Waals surface area contributed by atoms with E-state index in [0.29, 0.717) is 28.7 Å². The first-order chi connectivity index (χ1) is 12.5. The molecule has 0 aliphatic carbocycles. The van der Waals surface area contributed by atoms with Gasteiger partial charge >= 0.3 is 6.03 Å². The van der Waals surface area contributed by atoms with Gasteiger partial charge in [-0.05, 0) is 43.2 Å². The smallest absolute Gasteiger partial charge is 0.319 e. The molecule has 0 saturated heterocycles. The number of urea groups is 1. The van der Waals surface area contributed by atoms with Crippen LogP contribution in [0.15, 0.2) is 42.5 Å². The molecule has 2 aromatic rings. The molecule has 3 N–H and O–H groups in total. The Bertz CT molecular complexity index is 780. The second kappa shape index (κ2) is 9.68. The topological polar surface area (TPSA) is 79.5 Å². The first kappa shape index (κ1) is 19.6. The average molecular weight is 376 g/mol. The van der Waals surface area contributed by atoms with Crippen molar-refractivity contribution in [1.29, 1.82) is 0 Å². The van der Waals surface area contributed by atoms with E-state index in [0.717, 1.165) is 12.0 Å². The zero-order valence-corrected chi connectivity index (χ0v) is 15.5. The SMILES string of the molecule is CCCNC(=O)Nc1cccc(OCC(=O)Nc2ccc(C)cc2Cl)c1. The van der Waals surface area contributed by atoms with E-state index in [-0.39, 0.29) is 18.5 Å². The molecule has 0 bridgehead atoms. The number of carbonyl (C=O) groups excluding carboxylic acids is 2. The van der Waals surface area contributed by atoms with Gasteiger partial charge in [-0.3, -0.25) is 4.79 Å². The molecule has 0 spiro atoms. The third-order valence-electron chi connectivity index (χ3n) is 3.40. The molecule has 0 fully saturated rings. The largest absolute Gasteiger partial charge is 0.484 e. The van der Waals surface area contributed by atoms with E-state index in [1.165, 1.54) is 0 Å². The number of amides is 3. The summed E-state index contributed by atoms with van der Waals surface area (Å²) < 4.78 is 5.48. The molecule has 2 rings (SSSR count). The lowest BCUT2D eigenvalue weighted by molar-refractivity contribution is -0.118. The summed E-state index contributed by atoms with van der Waals surface area (Å²) in [6.07, 6.45) is 0.858.